The van der Waals surface area contributed by atoms with Gasteiger partial charge in [0.2, 0.25) is 0 Å². The first-order valence-electron chi connectivity index (χ1n) is 8.60. The van der Waals surface area contributed by atoms with Gasteiger partial charge in [-0.1, -0.05) is 23.7 Å². The quantitative estimate of drug-likeness (QED) is 0.551. The highest BCUT2D eigenvalue weighted by Gasteiger charge is 2.32. The van der Waals surface area contributed by atoms with E-state index in [2.05, 4.69) is 9.97 Å². The maximum Gasteiger partial charge on any atom is 0.433 e. The minimum Gasteiger partial charge on any atom is -0.455 e. The van der Waals surface area contributed by atoms with Crippen molar-refractivity contribution in [3.8, 4) is 11.5 Å². The average molecular weight is 420 g/mol. The summed E-state index contributed by atoms with van der Waals surface area (Å²) in [4.78, 5) is 22.0. The number of fused-ring (bicyclic) bond motifs is 1. The van der Waals surface area contributed by atoms with E-state index in [0.717, 1.165) is 12.3 Å². The Morgan fingerprint density at radius 1 is 1.07 bits per heavy atom. The van der Waals surface area contributed by atoms with Crippen LogP contribution in [0, 0.1) is 0 Å². The maximum atomic E-state index is 12.9. The van der Waals surface area contributed by atoms with E-state index >= 15 is 0 Å². The van der Waals surface area contributed by atoms with E-state index in [0.29, 0.717) is 35.7 Å². The molecule has 0 N–H and O–H groups in total. The van der Waals surface area contributed by atoms with Crippen LogP contribution in [0.4, 0.5) is 19.0 Å². The van der Waals surface area contributed by atoms with Crippen LogP contribution in [0.15, 0.2) is 54.7 Å². The van der Waals surface area contributed by atoms with Gasteiger partial charge in [-0.15, -0.1) is 0 Å². The molecule has 1 amide bonds. The third-order valence-electron chi connectivity index (χ3n) is 4.43. The summed E-state index contributed by atoms with van der Waals surface area (Å²) in [7, 11) is 0. The van der Waals surface area contributed by atoms with Gasteiger partial charge in [-0.2, -0.15) is 13.2 Å². The first-order chi connectivity index (χ1) is 13.8. The number of alkyl halides is 3. The summed E-state index contributed by atoms with van der Waals surface area (Å²) in [6, 6.07) is 12.1. The topological polar surface area (TPSA) is 55.3 Å². The Morgan fingerprint density at radius 2 is 1.86 bits per heavy atom. The maximum absolute atomic E-state index is 12.9. The van der Waals surface area contributed by atoms with E-state index < -0.39 is 11.9 Å². The van der Waals surface area contributed by atoms with Crippen molar-refractivity contribution < 1.29 is 22.7 Å². The van der Waals surface area contributed by atoms with Gasteiger partial charge in [0.1, 0.15) is 28.2 Å². The van der Waals surface area contributed by atoms with Crippen LogP contribution in [0.25, 0.3) is 0 Å². The van der Waals surface area contributed by atoms with Gasteiger partial charge in [0.25, 0.3) is 5.91 Å². The Labute approximate surface area is 168 Å². The summed E-state index contributed by atoms with van der Waals surface area (Å²) in [6.07, 6.45) is -3.02. The predicted octanol–water partition coefficient (Wildman–Crippen LogP) is 5.14. The largest absolute Gasteiger partial charge is 0.455 e. The molecule has 1 aromatic carbocycles. The van der Waals surface area contributed by atoms with Gasteiger partial charge >= 0.3 is 6.18 Å². The molecule has 1 aliphatic heterocycles. The molecule has 0 saturated carbocycles. The van der Waals surface area contributed by atoms with Gasteiger partial charge in [0.05, 0.1) is 6.20 Å². The third kappa shape index (κ3) is 3.88. The minimum absolute atomic E-state index is 0.151. The number of nitrogens with zero attached hydrogens (tertiary/aromatic N) is 3. The van der Waals surface area contributed by atoms with Crippen molar-refractivity contribution >= 4 is 23.3 Å². The third-order valence-corrected chi connectivity index (χ3v) is 4.64. The first-order valence-corrected chi connectivity index (χ1v) is 8.98. The highest BCUT2D eigenvalue weighted by molar-refractivity contribution is 6.29. The average Bonchev–Trinajstić information content (AvgIpc) is 2.68. The molecule has 1 aliphatic rings. The van der Waals surface area contributed by atoms with Crippen LogP contribution in [-0.2, 0) is 12.6 Å². The van der Waals surface area contributed by atoms with Crippen molar-refractivity contribution in [2.75, 3.05) is 11.4 Å². The van der Waals surface area contributed by atoms with E-state index in [9.17, 15) is 18.0 Å². The summed E-state index contributed by atoms with van der Waals surface area (Å²) in [5.74, 6) is 0.748. The zero-order chi connectivity index (χ0) is 20.6. The Balaban J connectivity index is 1.61. The standard InChI is InChI=1S/C20H13ClF3N3O2/c21-17-5-2-6-18(26-17)27-10-9-13-14(19(27)28)3-1-4-15(13)29-12-7-8-16(25-11-12)20(22,23)24/h1-8,11H,9-10H2. The minimum atomic E-state index is -4.52. The van der Waals surface area contributed by atoms with E-state index in [4.69, 9.17) is 16.3 Å². The predicted molar refractivity (Wildman–Crippen MR) is 100 cm³/mol. The van der Waals surface area contributed by atoms with Crippen LogP contribution in [0.2, 0.25) is 5.15 Å². The van der Waals surface area contributed by atoms with E-state index in [-0.39, 0.29) is 16.8 Å². The zero-order valence-electron chi connectivity index (χ0n) is 14.8. The van der Waals surface area contributed by atoms with Crippen LogP contribution >= 0.6 is 11.6 Å². The zero-order valence-corrected chi connectivity index (χ0v) is 15.5. The van der Waals surface area contributed by atoms with Crippen molar-refractivity contribution in [1.82, 2.24) is 9.97 Å². The number of benzene rings is 1. The molecule has 29 heavy (non-hydrogen) atoms. The fourth-order valence-corrected chi connectivity index (χ4v) is 3.25. The second-order valence-electron chi connectivity index (χ2n) is 6.29. The van der Waals surface area contributed by atoms with Crippen LogP contribution in [-0.4, -0.2) is 22.4 Å². The molecule has 0 radical (unpaired) electrons. The number of carbonyl (C=O) groups excluding carboxylic acids is 1. The van der Waals surface area contributed by atoms with Crippen molar-refractivity contribution in [2.24, 2.45) is 0 Å². The number of anilines is 1. The molecule has 4 rings (SSSR count). The van der Waals surface area contributed by atoms with Crippen LogP contribution in [0.3, 0.4) is 0 Å². The smallest absolute Gasteiger partial charge is 0.433 e. The Morgan fingerprint density at radius 3 is 2.55 bits per heavy atom. The molecule has 2 aromatic heterocycles. The van der Waals surface area contributed by atoms with E-state index in [1.54, 1.807) is 36.4 Å². The summed E-state index contributed by atoms with van der Waals surface area (Å²) >= 11 is 5.92. The molecular weight excluding hydrogens is 407 g/mol. The lowest BCUT2D eigenvalue weighted by Gasteiger charge is -2.28. The summed E-state index contributed by atoms with van der Waals surface area (Å²) in [5.41, 5.74) is 0.117. The van der Waals surface area contributed by atoms with Crippen LogP contribution < -0.4 is 9.64 Å². The number of halogens is 4. The van der Waals surface area contributed by atoms with Crippen LogP contribution in [0.5, 0.6) is 11.5 Å². The summed E-state index contributed by atoms with van der Waals surface area (Å²) in [5, 5.41) is 0.285. The van der Waals surface area contributed by atoms with Gasteiger partial charge in [-0.25, -0.2) is 9.97 Å². The molecule has 3 heterocycles. The van der Waals surface area contributed by atoms with Gasteiger partial charge in [-0.3, -0.25) is 9.69 Å². The number of pyridine rings is 2. The lowest BCUT2D eigenvalue weighted by molar-refractivity contribution is -0.141. The fraction of sp³-hybridized carbons (Fsp3) is 0.150. The monoisotopic (exact) mass is 419 g/mol. The Kier molecular flexibility index (Phi) is 4.87. The van der Waals surface area contributed by atoms with Crippen molar-refractivity contribution in [3.05, 3.63) is 76.7 Å². The normalized spacial score (nSPS) is 13.9. The molecule has 148 valence electrons. The molecule has 0 aliphatic carbocycles. The van der Waals surface area contributed by atoms with Crippen molar-refractivity contribution in [3.63, 3.8) is 0 Å². The number of carbonyl (C=O) groups is 1. The molecule has 0 unspecified atom stereocenters. The lowest BCUT2D eigenvalue weighted by atomic mass is 9.98. The van der Waals surface area contributed by atoms with Crippen molar-refractivity contribution in [1.29, 1.82) is 0 Å². The number of aromatic nitrogens is 2. The van der Waals surface area contributed by atoms with Gasteiger partial charge in [0, 0.05) is 17.7 Å². The molecule has 0 saturated heterocycles. The first kappa shape index (κ1) is 19.2. The van der Waals surface area contributed by atoms with E-state index in [1.807, 2.05) is 0 Å². The molecule has 9 heteroatoms. The highest BCUT2D eigenvalue weighted by atomic mass is 35.5. The van der Waals surface area contributed by atoms with Crippen molar-refractivity contribution in [2.45, 2.75) is 12.6 Å². The summed E-state index contributed by atoms with van der Waals surface area (Å²) in [6.45, 7) is 0.366. The van der Waals surface area contributed by atoms with E-state index in [1.165, 1.54) is 11.0 Å². The molecule has 0 atom stereocenters. The number of amides is 1. The highest BCUT2D eigenvalue weighted by Crippen LogP contribution is 2.34. The van der Waals surface area contributed by atoms with Gasteiger partial charge in [-0.05, 0) is 42.8 Å². The van der Waals surface area contributed by atoms with Crippen LogP contribution in [0.1, 0.15) is 21.6 Å². The SMILES string of the molecule is O=C1c2cccc(Oc3ccc(C(F)(F)F)nc3)c2CCN1c1cccc(Cl)n1. The Hall–Kier alpha value is -3.13. The second-order valence-corrected chi connectivity index (χ2v) is 6.67. The molecule has 3 aromatic rings. The summed E-state index contributed by atoms with van der Waals surface area (Å²) < 4.78 is 43.7. The van der Waals surface area contributed by atoms with Gasteiger partial charge in [0.15, 0.2) is 0 Å². The number of hydrogen-bond acceptors (Lipinski definition) is 4. The molecular formula is C20H13ClF3N3O2. The fourth-order valence-electron chi connectivity index (χ4n) is 3.09. The van der Waals surface area contributed by atoms with Gasteiger partial charge < -0.3 is 4.74 Å². The number of hydrogen-bond donors (Lipinski definition) is 0. The molecule has 5 nitrogen and oxygen atoms in total. The Bertz CT molecular complexity index is 1070. The number of ether oxygens (including phenoxy) is 1. The second kappa shape index (κ2) is 7.36. The molecule has 0 spiro atoms. The lowest BCUT2D eigenvalue weighted by Crippen LogP contribution is -2.38. The number of rotatable bonds is 3. The molecule has 0 fully saturated rings. The molecule has 0 bridgehead atoms.